The van der Waals surface area contributed by atoms with Crippen LogP contribution in [0.5, 0.6) is 0 Å². The van der Waals surface area contributed by atoms with Gasteiger partial charge in [-0.05, 0) is 6.92 Å². The van der Waals surface area contributed by atoms with E-state index < -0.39 is 11.5 Å². The number of hydrogen-bond acceptors (Lipinski definition) is 5. The zero-order valence-corrected chi connectivity index (χ0v) is 7.19. The van der Waals surface area contributed by atoms with Gasteiger partial charge in [0.25, 0.3) is 0 Å². The van der Waals surface area contributed by atoms with Gasteiger partial charge in [0.05, 0.1) is 0 Å². The molecule has 12 heavy (non-hydrogen) atoms. The predicted molar refractivity (Wildman–Crippen MR) is 43.1 cm³/mol. The van der Waals surface area contributed by atoms with Crippen molar-refractivity contribution >= 4 is 22.4 Å². The highest BCUT2D eigenvalue weighted by molar-refractivity contribution is 7.09. The molecule has 0 spiro atoms. The highest BCUT2D eigenvalue weighted by Gasteiger charge is 2.36. The van der Waals surface area contributed by atoms with E-state index in [9.17, 15) is 9.18 Å². The van der Waals surface area contributed by atoms with Crippen molar-refractivity contribution < 1.29 is 9.18 Å². The maximum atomic E-state index is 13.3. The van der Waals surface area contributed by atoms with E-state index in [1.165, 1.54) is 0 Å². The number of halogens is 1. The molecule has 1 rings (SSSR count). The molecule has 1 heterocycles. The SMILES string of the molecule is [CH2]C(F)(C(C)=O)c1nsc(N)n1. The van der Waals surface area contributed by atoms with Gasteiger partial charge in [0.2, 0.25) is 5.67 Å². The van der Waals surface area contributed by atoms with Crippen LogP contribution in [-0.2, 0) is 10.5 Å². The Kier molecular flexibility index (Phi) is 2.10. The lowest BCUT2D eigenvalue weighted by Gasteiger charge is -2.10. The minimum Gasteiger partial charge on any atom is -0.374 e. The van der Waals surface area contributed by atoms with Crippen LogP contribution < -0.4 is 5.73 Å². The van der Waals surface area contributed by atoms with E-state index in [4.69, 9.17) is 5.73 Å². The van der Waals surface area contributed by atoms with Crippen molar-refractivity contribution in [2.24, 2.45) is 0 Å². The molecule has 1 atom stereocenters. The molecule has 0 aliphatic rings. The van der Waals surface area contributed by atoms with Gasteiger partial charge in [-0.15, -0.1) is 0 Å². The Labute approximate surface area is 72.8 Å². The van der Waals surface area contributed by atoms with Gasteiger partial charge in [-0.2, -0.15) is 9.36 Å². The first-order valence-electron chi connectivity index (χ1n) is 3.09. The number of Topliss-reactive ketones (excluding diaryl/α,β-unsaturated/α-hetero) is 1. The number of hydrogen-bond donors (Lipinski definition) is 1. The summed E-state index contributed by atoms with van der Waals surface area (Å²) in [4.78, 5) is 14.3. The fraction of sp³-hybridized carbons (Fsp3) is 0.333. The number of ketones is 1. The smallest absolute Gasteiger partial charge is 0.228 e. The fourth-order valence-corrected chi connectivity index (χ4v) is 1.05. The Morgan fingerprint density at radius 2 is 2.42 bits per heavy atom. The number of alkyl halides is 1. The van der Waals surface area contributed by atoms with E-state index in [1.54, 1.807) is 0 Å². The van der Waals surface area contributed by atoms with Crippen LogP contribution in [0, 0.1) is 6.92 Å². The maximum Gasteiger partial charge on any atom is 0.228 e. The maximum absolute atomic E-state index is 13.3. The number of carbonyl (C=O) groups is 1. The monoisotopic (exact) mass is 188 g/mol. The van der Waals surface area contributed by atoms with Crippen molar-refractivity contribution in [3.8, 4) is 0 Å². The van der Waals surface area contributed by atoms with E-state index in [2.05, 4.69) is 16.3 Å². The molecule has 0 amide bonds. The van der Waals surface area contributed by atoms with Crippen molar-refractivity contribution in [1.82, 2.24) is 9.36 Å². The molecule has 0 aliphatic carbocycles. The molecule has 1 unspecified atom stereocenters. The molecular weight excluding hydrogens is 181 g/mol. The fourth-order valence-electron chi connectivity index (χ4n) is 0.554. The summed E-state index contributed by atoms with van der Waals surface area (Å²) in [6.45, 7) is 4.15. The van der Waals surface area contributed by atoms with Crippen LogP contribution in [0.25, 0.3) is 0 Å². The van der Waals surface area contributed by atoms with Crippen molar-refractivity contribution in [3.63, 3.8) is 0 Å². The van der Waals surface area contributed by atoms with Crippen LogP contribution in [-0.4, -0.2) is 15.1 Å². The lowest BCUT2D eigenvalue weighted by atomic mass is 10.0. The molecule has 0 saturated heterocycles. The average Bonchev–Trinajstić information content (AvgIpc) is 2.35. The summed E-state index contributed by atoms with van der Waals surface area (Å²) < 4.78 is 16.9. The Hall–Kier alpha value is -1.04. The van der Waals surface area contributed by atoms with Gasteiger partial charge in [-0.25, -0.2) is 4.39 Å². The number of aromatic nitrogens is 2. The molecule has 65 valence electrons. The quantitative estimate of drug-likeness (QED) is 0.742. The summed E-state index contributed by atoms with van der Waals surface area (Å²) >= 11 is 0.833. The Bertz CT molecular complexity index is 309. The van der Waals surface area contributed by atoms with Gasteiger partial charge in [0.15, 0.2) is 16.7 Å². The van der Waals surface area contributed by atoms with Crippen LogP contribution in [0.2, 0.25) is 0 Å². The van der Waals surface area contributed by atoms with Gasteiger partial charge < -0.3 is 5.73 Å². The molecule has 6 heteroatoms. The number of nitrogen functional groups attached to an aromatic ring is 1. The Morgan fingerprint density at radius 1 is 1.83 bits per heavy atom. The Morgan fingerprint density at radius 3 is 2.75 bits per heavy atom. The second kappa shape index (κ2) is 2.78. The van der Waals surface area contributed by atoms with Gasteiger partial charge >= 0.3 is 0 Å². The second-order valence-electron chi connectivity index (χ2n) is 2.31. The van der Waals surface area contributed by atoms with Crippen molar-refractivity contribution in [2.45, 2.75) is 12.6 Å². The highest BCUT2D eigenvalue weighted by Crippen LogP contribution is 2.24. The molecular formula is C6H7FN3OS. The van der Waals surface area contributed by atoms with Crippen LogP contribution in [0.15, 0.2) is 0 Å². The third-order valence-electron chi connectivity index (χ3n) is 1.35. The summed E-state index contributed by atoms with van der Waals surface area (Å²) in [6, 6.07) is 0. The van der Waals surface area contributed by atoms with Crippen LogP contribution in [0.1, 0.15) is 12.7 Å². The molecule has 0 bridgehead atoms. The van der Waals surface area contributed by atoms with Crippen LogP contribution in [0.4, 0.5) is 9.52 Å². The van der Waals surface area contributed by atoms with E-state index in [0.29, 0.717) is 0 Å². The minimum atomic E-state index is -2.37. The minimum absolute atomic E-state index is 0.122. The van der Waals surface area contributed by atoms with E-state index in [-0.39, 0.29) is 11.0 Å². The van der Waals surface area contributed by atoms with Crippen molar-refractivity contribution in [1.29, 1.82) is 0 Å². The summed E-state index contributed by atoms with van der Waals surface area (Å²) in [7, 11) is 0. The molecule has 2 N–H and O–H groups in total. The molecule has 0 fully saturated rings. The number of anilines is 1. The van der Waals surface area contributed by atoms with Gasteiger partial charge in [-0.1, -0.05) is 0 Å². The number of carbonyl (C=O) groups excluding carboxylic acids is 1. The highest BCUT2D eigenvalue weighted by atomic mass is 32.1. The van der Waals surface area contributed by atoms with Crippen molar-refractivity contribution in [3.05, 3.63) is 12.7 Å². The molecule has 0 saturated carbocycles. The largest absolute Gasteiger partial charge is 0.374 e. The number of nitrogens with zero attached hydrogens (tertiary/aromatic N) is 2. The van der Waals surface area contributed by atoms with E-state index in [1.807, 2.05) is 0 Å². The molecule has 1 aromatic heterocycles. The zero-order chi connectivity index (χ0) is 9.35. The van der Waals surface area contributed by atoms with Gasteiger partial charge in [0.1, 0.15) is 0 Å². The topological polar surface area (TPSA) is 68.9 Å². The average molecular weight is 188 g/mol. The van der Waals surface area contributed by atoms with E-state index >= 15 is 0 Å². The lowest BCUT2D eigenvalue weighted by Crippen LogP contribution is -2.26. The first-order chi connectivity index (χ1) is 5.44. The predicted octanol–water partition coefficient (Wildman–Crippen LogP) is 0.708. The van der Waals surface area contributed by atoms with Crippen LogP contribution in [0.3, 0.4) is 0 Å². The third kappa shape index (κ3) is 1.42. The zero-order valence-electron chi connectivity index (χ0n) is 6.37. The molecule has 1 aromatic rings. The summed E-state index contributed by atoms with van der Waals surface area (Å²) in [5, 5.41) is 0.122. The third-order valence-corrected chi connectivity index (χ3v) is 1.90. The van der Waals surface area contributed by atoms with Gasteiger partial charge in [-0.3, -0.25) is 4.79 Å². The standard InChI is InChI=1S/C6H7FN3OS/c1-3(11)6(2,7)4-9-5(8)12-10-4/h2H2,1H3,(H2,8,9,10). The number of rotatable bonds is 2. The normalized spacial score (nSPS) is 15.6. The van der Waals surface area contributed by atoms with Crippen LogP contribution >= 0.6 is 11.5 Å². The molecule has 0 aromatic carbocycles. The second-order valence-corrected chi connectivity index (χ2v) is 3.10. The molecule has 0 aliphatic heterocycles. The van der Waals surface area contributed by atoms with E-state index in [0.717, 1.165) is 18.5 Å². The lowest BCUT2D eigenvalue weighted by molar-refractivity contribution is -0.126. The molecule has 1 radical (unpaired) electrons. The summed E-state index contributed by atoms with van der Waals surface area (Å²) in [6.07, 6.45) is 0. The number of nitrogens with two attached hydrogens (primary N) is 1. The Balaban J connectivity index is 3.05. The molecule has 4 nitrogen and oxygen atoms in total. The first kappa shape index (κ1) is 9.05. The summed E-state index contributed by atoms with van der Waals surface area (Å²) in [5.41, 5.74) is 2.85. The first-order valence-corrected chi connectivity index (χ1v) is 3.87. The summed E-state index contributed by atoms with van der Waals surface area (Å²) in [5.74, 6) is -1.00. The van der Waals surface area contributed by atoms with Crippen molar-refractivity contribution in [2.75, 3.05) is 5.73 Å². The van der Waals surface area contributed by atoms with Gasteiger partial charge in [0, 0.05) is 18.5 Å².